The third-order valence-corrected chi connectivity index (χ3v) is 3.68. The average Bonchev–Trinajstić information content (AvgIpc) is 3.09. The monoisotopic (exact) mass is 323 g/mol. The number of rotatable bonds is 5. The number of anilines is 1. The molecule has 0 aliphatic carbocycles. The van der Waals surface area contributed by atoms with Crippen LogP contribution in [0.5, 0.6) is 0 Å². The van der Waals surface area contributed by atoms with E-state index in [1.54, 1.807) is 12.5 Å². The summed E-state index contributed by atoms with van der Waals surface area (Å²) < 4.78 is 5.45. The van der Waals surface area contributed by atoms with Crippen molar-refractivity contribution in [2.75, 3.05) is 5.32 Å². The van der Waals surface area contributed by atoms with Crippen LogP contribution < -0.4 is 5.32 Å². The van der Waals surface area contributed by atoms with Gasteiger partial charge in [-0.05, 0) is 48.6 Å². The van der Waals surface area contributed by atoms with Gasteiger partial charge in [0, 0.05) is 11.9 Å². The Morgan fingerprint density at radius 3 is 2.52 bits per heavy atom. The van der Waals surface area contributed by atoms with E-state index >= 15 is 0 Å². The Morgan fingerprint density at radius 1 is 1.00 bits per heavy atom. The zero-order valence-corrected chi connectivity index (χ0v) is 13.4. The third kappa shape index (κ3) is 4.40. The zero-order valence-electron chi connectivity index (χ0n) is 12.6. The molecule has 0 amide bonds. The maximum absolute atomic E-state index is 5.58. The molecule has 2 heterocycles. The summed E-state index contributed by atoms with van der Waals surface area (Å²) in [6.07, 6.45) is 3.45. The predicted octanol–water partition coefficient (Wildman–Crippen LogP) is 4.07. The van der Waals surface area contributed by atoms with Gasteiger partial charge in [-0.1, -0.05) is 24.3 Å². The molecule has 0 aliphatic heterocycles. The van der Waals surface area contributed by atoms with Crippen LogP contribution in [-0.2, 0) is 13.1 Å². The van der Waals surface area contributed by atoms with Gasteiger partial charge in [0.2, 0.25) is 0 Å². The summed E-state index contributed by atoms with van der Waals surface area (Å²) in [6, 6.07) is 19.6. The number of hydrogen-bond acceptors (Lipinski definition) is 3. The van der Waals surface area contributed by atoms with Crippen LogP contribution in [-0.4, -0.2) is 15.0 Å². The van der Waals surface area contributed by atoms with Crippen LogP contribution in [0, 0.1) is 0 Å². The molecular weight excluding hydrogens is 306 g/mol. The molecule has 0 aliphatic rings. The van der Waals surface area contributed by atoms with E-state index in [1.165, 1.54) is 0 Å². The van der Waals surface area contributed by atoms with Gasteiger partial charge in [-0.2, -0.15) is 0 Å². The Balaban J connectivity index is 1.75. The summed E-state index contributed by atoms with van der Waals surface area (Å²) in [6.45, 7) is 1.20. The van der Waals surface area contributed by atoms with Crippen LogP contribution in [0.3, 0.4) is 0 Å². The fraction of sp³-hybridized carbons (Fsp3) is 0.111. The number of para-hydroxylation sites is 1. The molecule has 4 nitrogen and oxygen atoms in total. The van der Waals surface area contributed by atoms with Crippen molar-refractivity contribution in [1.82, 2.24) is 9.88 Å². The summed E-state index contributed by atoms with van der Waals surface area (Å²) in [5, 5.41) is 3.90. The van der Waals surface area contributed by atoms with E-state index in [0.29, 0.717) is 18.2 Å². The van der Waals surface area contributed by atoms with Gasteiger partial charge in [-0.15, -0.1) is 0 Å². The van der Waals surface area contributed by atoms with Crippen LogP contribution >= 0.6 is 12.2 Å². The van der Waals surface area contributed by atoms with Crippen LogP contribution in [0.2, 0.25) is 0 Å². The summed E-state index contributed by atoms with van der Waals surface area (Å²) in [7, 11) is 0. The lowest BCUT2D eigenvalue weighted by Gasteiger charge is -2.24. The van der Waals surface area contributed by atoms with Crippen molar-refractivity contribution in [3.05, 3.63) is 84.6 Å². The fourth-order valence-electron chi connectivity index (χ4n) is 2.20. The van der Waals surface area contributed by atoms with E-state index in [1.807, 2.05) is 65.6 Å². The minimum absolute atomic E-state index is 0.586. The lowest BCUT2D eigenvalue weighted by molar-refractivity contribution is 0.357. The van der Waals surface area contributed by atoms with Crippen molar-refractivity contribution >= 4 is 23.0 Å². The first-order chi connectivity index (χ1) is 11.3. The Labute approximate surface area is 140 Å². The van der Waals surface area contributed by atoms with Gasteiger partial charge in [-0.3, -0.25) is 4.98 Å². The topological polar surface area (TPSA) is 41.3 Å². The molecule has 0 unspecified atom stereocenters. The molecule has 0 bridgehead atoms. The molecule has 0 saturated heterocycles. The smallest absolute Gasteiger partial charge is 0.174 e. The van der Waals surface area contributed by atoms with Crippen molar-refractivity contribution in [2.24, 2.45) is 0 Å². The van der Waals surface area contributed by atoms with Gasteiger partial charge in [0.25, 0.3) is 0 Å². The molecule has 0 fully saturated rings. The van der Waals surface area contributed by atoms with Gasteiger partial charge < -0.3 is 14.6 Å². The highest BCUT2D eigenvalue weighted by molar-refractivity contribution is 7.80. The van der Waals surface area contributed by atoms with Crippen molar-refractivity contribution in [3.8, 4) is 0 Å². The average molecular weight is 323 g/mol. The van der Waals surface area contributed by atoms with Crippen LogP contribution in [0.1, 0.15) is 11.5 Å². The molecule has 3 aromatic rings. The van der Waals surface area contributed by atoms with E-state index in [9.17, 15) is 0 Å². The van der Waals surface area contributed by atoms with Gasteiger partial charge in [0.05, 0.1) is 25.0 Å². The number of thiocarbonyl (C=S) groups is 1. The molecule has 2 aromatic heterocycles. The largest absolute Gasteiger partial charge is 0.467 e. The maximum atomic E-state index is 5.58. The zero-order chi connectivity index (χ0) is 15.9. The second-order valence-corrected chi connectivity index (χ2v) is 5.44. The third-order valence-electron chi connectivity index (χ3n) is 3.32. The Morgan fingerprint density at radius 2 is 1.83 bits per heavy atom. The predicted molar refractivity (Wildman–Crippen MR) is 94.9 cm³/mol. The molecular formula is C18H17N3OS. The minimum Gasteiger partial charge on any atom is -0.467 e. The molecule has 5 heteroatoms. The molecule has 116 valence electrons. The lowest BCUT2D eigenvalue weighted by atomic mass is 10.3. The van der Waals surface area contributed by atoms with Crippen LogP contribution in [0.15, 0.2) is 77.5 Å². The second-order valence-electron chi connectivity index (χ2n) is 5.05. The molecule has 1 N–H and O–H groups in total. The first-order valence-electron chi connectivity index (χ1n) is 7.34. The summed E-state index contributed by atoms with van der Waals surface area (Å²) in [5.74, 6) is 0.859. The van der Waals surface area contributed by atoms with Crippen LogP contribution in [0.4, 0.5) is 5.69 Å². The number of nitrogens with zero attached hydrogens (tertiary/aromatic N) is 2. The summed E-state index contributed by atoms with van der Waals surface area (Å²) in [4.78, 5) is 6.41. The van der Waals surface area contributed by atoms with E-state index in [2.05, 4.69) is 10.3 Å². The maximum Gasteiger partial charge on any atom is 0.174 e. The van der Waals surface area contributed by atoms with E-state index < -0.39 is 0 Å². The Kier molecular flexibility index (Phi) is 5.01. The lowest BCUT2D eigenvalue weighted by Crippen LogP contribution is -2.34. The SMILES string of the molecule is S=C(Nc1ccccc1)N(Cc1ccccn1)Cc1ccco1. The first-order valence-corrected chi connectivity index (χ1v) is 7.75. The number of aromatic nitrogens is 1. The normalized spacial score (nSPS) is 10.3. The van der Waals surface area contributed by atoms with Crippen LogP contribution in [0.25, 0.3) is 0 Å². The van der Waals surface area contributed by atoms with Gasteiger partial charge in [0.1, 0.15) is 5.76 Å². The highest BCUT2D eigenvalue weighted by Gasteiger charge is 2.13. The van der Waals surface area contributed by atoms with E-state index in [4.69, 9.17) is 16.6 Å². The number of furan rings is 1. The van der Waals surface area contributed by atoms with Crippen molar-refractivity contribution in [1.29, 1.82) is 0 Å². The van der Waals surface area contributed by atoms with Gasteiger partial charge in [-0.25, -0.2) is 0 Å². The van der Waals surface area contributed by atoms with E-state index in [0.717, 1.165) is 17.1 Å². The van der Waals surface area contributed by atoms with Gasteiger partial charge in [0.15, 0.2) is 5.11 Å². The highest BCUT2D eigenvalue weighted by atomic mass is 32.1. The fourth-order valence-corrected chi connectivity index (χ4v) is 2.45. The quantitative estimate of drug-likeness (QED) is 0.717. The van der Waals surface area contributed by atoms with Crippen molar-refractivity contribution < 1.29 is 4.42 Å². The molecule has 1 aromatic carbocycles. The minimum atomic E-state index is 0.586. The number of hydrogen-bond donors (Lipinski definition) is 1. The standard InChI is InChI=1S/C18H17N3OS/c23-18(20-15-7-2-1-3-8-15)21(14-17-10-6-12-22-17)13-16-9-4-5-11-19-16/h1-12H,13-14H2,(H,20,23). The highest BCUT2D eigenvalue weighted by Crippen LogP contribution is 2.13. The molecule has 0 radical (unpaired) electrons. The number of nitrogens with one attached hydrogen (secondary N) is 1. The van der Waals surface area contributed by atoms with Crippen molar-refractivity contribution in [2.45, 2.75) is 13.1 Å². The van der Waals surface area contributed by atoms with E-state index in [-0.39, 0.29) is 0 Å². The number of pyridine rings is 1. The first kappa shape index (κ1) is 15.2. The summed E-state index contributed by atoms with van der Waals surface area (Å²) >= 11 is 5.58. The molecule has 3 rings (SSSR count). The second kappa shape index (κ2) is 7.56. The molecule has 23 heavy (non-hydrogen) atoms. The molecule has 0 atom stereocenters. The Bertz CT molecular complexity index is 729. The van der Waals surface area contributed by atoms with Gasteiger partial charge >= 0.3 is 0 Å². The van der Waals surface area contributed by atoms with Crippen molar-refractivity contribution in [3.63, 3.8) is 0 Å². The molecule has 0 spiro atoms. The summed E-state index contributed by atoms with van der Waals surface area (Å²) in [5.41, 5.74) is 1.92. The Hall–Kier alpha value is -2.66. The molecule has 0 saturated carbocycles. The number of benzene rings is 1.